The van der Waals surface area contributed by atoms with Gasteiger partial charge in [0.15, 0.2) is 11.2 Å². The van der Waals surface area contributed by atoms with Crippen LogP contribution in [0.4, 0.5) is 0 Å². The van der Waals surface area contributed by atoms with Crippen molar-refractivity contribution in [2.75, 3.05) is 26.4 Å². The Balaban J connectivity index is 1.38. The molecule has 1 aliphatic carbocycles. The summed E-state index contributed by atoms with van der Waals surface area (Å²) in [7, 11) is 0. The van der Waals surface area contributed by atoms with Gasteiger partial charge in [-0.15, -0.1) is 0 Å². The summed E-state index contributed by atoms with van der Waals surface area (Å²) >= 11 is 0. The van der Waals surface area contributed by atoms with E-state index < -0.39 is 23.5 Å². The zero-order valence-corrected chi connectivity index (χ0v) is 20.9. The minimum atomic E-state index is -1.07. The zero-order valence-electron chi connectivity index (χ0n) is 20.9. The summed E-state index contributed by atoms with van der Waals surface area (Å²) in [6.07, 6.45) is 0.471. The molecule has 1 aromatic heterocycles. The summed E-state index contributed by atoms with van der Waals surface area (Å²) in [5.74, 6) is -1.27. The second kappa shape index (κ2) is 11.7. The zero-order chi connectivity index (χ0) is 27.2. The van der Waals surface area contributed by atoms with E-state index in [1.165, 1.54) is 12.1 Å². The molecule has 38 heavy (non-hydrogen) atoms. The molecule has 0 saturated carbocycles. The van der Waals surface area contributed by atoms with Gasteiger partial charge in [0.2, 0.25) is 5.76 Å². The number of esters is 2. The Morgan fingerprint density at radius 1 is 0.974 bits per heavy atom. The smallest absolute Gasteiger partial charge is 0.374 e. The van der Waals surface area contributed by atoms with E-state index in [0.717, 1.165) is 6.07 Å². The highest BCUT2D eigenvalue weighted by Gasteiger charge is 2.23. The van der Waals surface area contributed by atoms with Crippen molar-refractivity contribution in [3.8, 4) is 11.5 Å². The van der Waals surface area contributed by atoms with Crippen LogP contribution < -0.4 is 14.9 Å². The third kappa shape index (κ3) is 5.92. The number of hydrogen-bond donors (Lipinski definition) is 1. The van der Waals surface area contributed by atoms with Crippen molar-refractivity contribution >= 4 is 28.7 Å². The topological polar surface area (TPSA) is 139 Å². The van der Waals surface area contributed by atoms with Crippen molar-refractivity contribution < 1.29 is 42.9 Å². The number of ether oxygens (including phenoxy) is 4. The van der Waals surface area contributed by atoms with Crippen molar-refractivity contribution in [1.29, 1.82) is 0 Å². The van der Waals surface area contributed by atoms with Crippen LogP contribution in [0.25, 0.3) is 11.0 Å². The largest absolute Gasteiger partial charge is 0.491 e. The Hall–Kier alpha value is -4.44. The van der Waals surface area contributed by atoms with Crippen LogP contribution in [0.5, 0.6) is 11.5 Å². The molecule has 0 saturated heterocycles. The van der Waals surface area contributed by atoms with Crippen LogP contribution in [-0.4, -0.2) is 55.4 Å². The molecule has 4 rings (SSSR count). The van der Waals surface area contributed by atoms with Crippen LogP contribution in [0.3, 0.4) is 0 Å². The summed E-state index contributed by atoms with van der Waals surface area (Å²) in [4.78, 5) is 49.0. The monoisotopic (exact) mass is 522 g/mol. The lowest BCUT2D eigenvalue weighted by Crippen LogP contribution is -2.25. The summed E-state index contributed by atoms with van der Waals surface area (Å²) in [6.45, 7) is 3.35. The van der Waals surface area contributed by atoms with Crippen molar-refractivity contribution in [3.05, 3.63) is 81.2 Å². The Morgan fingerprint density at radius 2 is 1.71 bits per heavy atom. The van der Waals surface area contributed by atoms with Crippen LogP contribution in [-0.2, 0) is 20.7 Å². The first kappa shape index (κ1) is 26.6. The maximum absolute atomic E-state index is 12.6. The highest BCUT2D eigenvalue weighted by molar-refractivity contribution is 6.11. The number of hydrogen-bond acceptors (Lipinski definition) is 10. The van der Waals surface area contributed by atoms with E-state index in [0.29, 0.717) is 22.4 Å². The number of rotatable bonds is 10. The average molecular weight is 523 g/mol. The van der Waals surface area contributed by atoms with Crippen LogP contribution >= 0.6 is 0 Å². The maximum Gasteiger partial charge on any atom is 0.374 e. The molecule has 1 aliphatic rings. The van der Waals surface area contributed by atoms with E-state index in [9.17, 15) is 24.3 Å². The third-order valence-electron chi connectivity index (χ3n) is 5.64. The number of ketones is 1. The fraction of sp³-hybridized carbons (Fsp3) is 0.286. The first-order valence-corrected chi connectivity index (χ1v) is 12.0. The molecule has 0 bridgehead atoms. The minimum absolute atomic E-state index is 0.122. The van der Waals surface area contributed by atoms with Crippen molar-refractivity contribution in [1.82, 2.24) is 0 Å². The molecule has 0 radical (unpaired) electrons. The molecule has 1 unspecified atom stereocenters. The number of carbonyl (C=O) groups excluding carboxylic acids is 3. The highest BCUT2D eigenvalue weighted by atomic mass is 16.5. The van der Waals surface area contributed by atoms with Gasteiger partial charge in [0.25, 0.3) is 0 Å². The summed E-state index contributed by atoms with van der Waals surface area (Å²) in [6, 6.07) is 10.6. The Labute approximate surface area is 217 Å². The molecule has 1 N–H and O–H groups in total. The second-order valence-electron chi connectivity index (χ2n) is 8.35. The van der Waals surface area contributed by atoms with Crippen molar-refractivity contribution in [2.45, 2.75) is 26.4 Å². The highest BCUT2D eigenvalue weighted by Crippen LogP contribution is 2.27. The molecular weight excluding hydrogens is 496 g/mol. The molecule has 2 aromatic carbocycles. The van der Waals surface area contributed by atoms with E-state index in [2.05, 4.69) is 0 Å². The lowest BCUT2D eigenvalue weighted by atomic mass is 9.90. The molecule has 10 nitrogen and oxygen atoms in total. The third-order valence-corrected chi connectivity index (χ3v) is 5.64. The van der Waals surface area contributed by atoms with E-state index in [-0.39, 0.29) is 61.1 Å². The summed E-state index contributed by atoms with van der Waals surface area (Å²) in [5.41, 5.74) is 1.03. The van der Waals surface area contributed by atoms with Gasteiger partial charge in [-0.05, 0) is 49.8 Å². The Bertz CT molecular complexity index is 1470. The average Bonchev–Trinajstić information content (AvgIpc) is 2.90. The predicted molar refractivity (Wildman–Crippen MR) is 135 cm³/mol. The number of fused-ring (bicyclic) bond motifs is 2. The van der Waals surface area contributed by atoms with Gasteiger partial charge in [-0.1, -0.05) is 12.1 Å². The first-order chi connectivity index (χ1) is 18.3. The van der Waals surface area contributed by atoms with Gasteiger partial charge >= 0.3 is 11.9 Å². The number of aliphatic hydroxyl groups is 1. The van der Waals surface area contributed by atoms with Crippen LogP contribution in [0.15, 0.2) is 63.3 Å². The SMILES string of the molecule is CCOC(=O)C1=CC(=O)c2cc(OCC(O)COc3cccc4oc(C(=O)OCC)cc(=O)c34)ccc2C1. The van der Waals surface area contributed by atoms with E-state index in [4.69, 9.17) is 23.4 Å². The Morgan fingerprint density at radius 3 is 2.47 bits per heavy atom. The van der Waals surface area contributed by atoms with Gasteiger partial charge in [-0.2, -0.15) is 0 Å². The predicted octanol–water partition coefficient (Wildman–Crippen LogP) is 3.02. The standard InChI is InChI=1S/C28H26O10/c1-3-34-27(32)17-10-16-8-9-19(12-20(16)21(30)11-17)36-14-18(29)15-37-23-6-5-7-24-26(23)22(31)13-25(38-24)28(33)35-4-2/h5-9,11-13,18,29H,3-4,10,14-15H2,1-2H3. The fourth-order valence-electron chi connectivity index (χ4n) is 3.90. The molecule has 0 aliphatic heterocycles. The number of benzene rings is 2. The summed E-state index contributed by atoms with van der Waals surface area (Å²) in [5, 5.41) is 10.5. The van der Waals surface area contributed by atoms with Gasteiger partial charge in [0, 0.05) is 23.6 Å². The number of allylic oxidation sites excluding steroid dienone is 1. The lowest BCUT2D eigenvalue weighted by molar-refractivity contribution is -0.138. The first-order valence-electron chi connectivity index (χ1n) is 12.0. The van der Waals surface area contributed by atoms with Gasteiger partial charge in [-0.3, -0.25) is 9.59 Å². The van der Waals surface area contributed by atoms with E-state index >= 15 is 0 Å². The van der Waals surface area contributed by atoms with Crippen LogP contribution in [0.2, 0.25) is 0 Å². The molecular formula is C28H26O10. The fourth-order valence-corrected chi connectivity index (χ4v) is 3.90. The van der Waals surface area contributed by atoms with Gasteiger partial charge in [-0.25, -0.2) is 9.59 Å². The second-order valence-corrected chi connectivity index (χ2v) is 8.35. The van der Waals surface area contributed by atoms with Gasteiger partial charge in [0.05, 0.1) is 13.2 Å². The van der Waals surface area contributed by atoms with E-state index in [1.54, 1.807) is 44.2 Å². The van der Waals surface area contributed by atoms with Gasteiger partial charge < -0.3 is 28.5 Å². The quantitative estimate of drug-likeness (QED) is 0.395. The molecule has 3 aromatic rings. The van der Waals surface area contributed by atoms with Gasteiger partial charge in [0.1, 0.15) is 41.8 Å². The molecule has 1 heterocycles. The van der Waals surface area contributed by atoms with Crippen molar-refractivity contribution in [2.24, 2.45) is 0 Å². The Kier molecular flexibility index (Phi) is 8.22. The number of carbonyl (C=O) groups is 3. The molecule has 0 spiro atoms. The van der Waals surface area contributed by atoms with E-state index in [1.807, 2.05) is 0 Å². The minimum Gasteiger partial charge on any atom is -0.491 e. The molecule has 10 heteroatoms. The molecule has 0 fully saturated rings. The number of aliphatic hydroxyl groups excluding tert-OH is 1. The summed E-state index contributed by atoms with van der Waals surface area (Å²) < 4.78 is 26.6. The molecule has 1 atom stereocenters. The van der Waals surface area contributed by atoms with Crippen LogP contribution in [0, 0.1) is 0 Å². The molecule has 198 valence electrons. The maximum atomic E-state index is 12.6. The van der Waals surface area contributed by atoms with Crippen LogP contribution in [0.1, 0.15) is 40.3 Å². The van der Waals surface area contributed by atoms with Crippen molar-refractivity contribution in [3.63, 3.8) is 0 Å². The normalized spacial score (nSPS) is 13.3. The lowest BCUT2D eigenvalue weighted by Gasteiger charge is -2.18. The molecule has 0 amide bonds.